The van der Waals surface area contributed by atoms with Crippen LogP contribution in [0.2, 0.25) is 0 Å². The highest BCUT2D eigenvalue weighted by molar-refractivity contribution is 6.06. The fourth-order valence-corrected chi connectivity index (χ4v) is 5.61. The lowest BCUT2D eigenvalue weighted by atomic mass is 9.93. The minimum atomic E-state index is -0.672. The Balaban J connectivity index is 1.63. The van der Waals surface area contributed by atoms with Gasteiger partial charge < -0.3 is 25.4 Å². The maximum absolute atomic E-state index is 14.3. The van der Waals surface area contributed by atoms with E-state index >= 15 is 0 Å². The molecule has 4 rings (SSSR count). The number of nitrogens with two attached hydrogens (primary N) is 1. The van der Waals surface area contributed by atoms with Crippen LogP contribution >= 0.6 is 0 Å². The number of allylic oxidation sites excluding steroid dienone is 1. The number of unbranched alkanes of at least 4 members (excludes halogenated alkanes) is 2. The molecule has 1 aliphatic heterocycles. The number of nitrogens with one attached hydrogen (secondary N) is 1. The zero-order valence-corrected chi connectivity index (χ0v) is 28.2. The third-order valence-corrected chi connectivity index (χ3v) is 8.27. The van der Waals surface area contributed by atoms with Crippen LogP contribution in [-0.4, -0.2) is 64.3 Å². The van der Waals surface area contributed by atoms with Gasteiger partial charge in [0, 0.05) is 31.0 Å². The second-order valence-electron chi connectivity index (χ2n) is 12.0. The highest BCUT2D eigenvalue weighted by atomic mass is 16.5. The normalized spacial score (nSPS) is 14.7. The van der Waals surface area contributed by atoms with Crippen molar-refractivity contribution in [3.8, 4) is 0 Å². The van der Waals surface area contributed by atoms with Gasteiger partial charge in [0.05, 0.1) is 29.6 Å². The van der Waals surface area contributed by atoms with Crippen molar-refractivity contribution in [1.29, 1.82) is 0 Å². The van der Waals surface area contributed by atoms with E-state index in [2.05, 4.69) is 19.2 Å². The zero-order valence-electron chi connectivity index (χ0n) is 28.2. The lowest BCUT2D eigenvalue weighted by Gasteiger charge is -2.36. The van der Waals surface area contributed by atoms with Crippen LogP contribution < -0.4 is 11.1 Å². The summed E-state index contributed by atoms with van der Waals surface area (Å²) in [5.74, 6) is -0.594. The highest BCUT2D eigenvalue weighted by Crippen LogP contribution is 2.30. The molecule has 0 saturated carbocycles. The fourth-order valence-electron chi connectivity index (χ4n) is 5.61. The summed E-state index contributed by atoms with van der Waals surface area (Å²) < 4.78 is 5.39. The smallest absolute Gasteiger partial charge is 0.411 e. The Morgan fingerprint density at radius 2 is 1.67 bits per heavy atom. The van der Waals surface area contributed by atoms with Crippen LogP contribution in [0, 0.1) is 0 Å². The Bertz CT molecular complexity index is 1610. The second kappa shape index (κ2) is 17.8. The van der Waals surface area contributed by atoms with Gasteiger partial charge >= 0.3 is 6.09 Å². The Morgan fingerprint density at radius 1 is 1.00 bits per heavy atom. The van der Waals surface area contributed by atoms with Crippen LogP contribution in [-0.2, 0) is 29.1 Å². The van der Waals surface area contributed by atoms with Gasteiger partial charge in [0.2, 0.25) is 0 Å². The molecule has 1 heterocycles. The van der Waals surface area contributed by atoms with Crippen molar-refractivity contribution in [2.24, 2.45) is 10.7 Å². The summed E-state index contributed by atoms with van der Waals surface area (Å²) in [4.78, 5) is 48.3. The van der Waals surface area contributed by atoms with E-state index in [0.29, 0.717) is 43.1 Å². The number of carbonyl (C=O) groups excluding carboxylic acids is 3. The lowest BCUT2D eigenvalue weighted by Crippen LogP contribution is -2.46. The fraction of sp³-hybridized carbons (Fsp3) is 0.368. The van der Waals surface area contributed by atoms with Gasteiger partial charge in [-0.05, 0) is 67.2 Å². The molecule has 0 saturated heterocycles. The summed E-state index contributed by atoms with van der Waals surface area (Å²) >= 11 is 0. The van der Waals surface area contributed by atoms with Crippen molar-refractivity contribution in [1.82, 2.24) is 9.80 Å². The molecule has 1 atom stereocenters. The molecule has 254 valence electrons. The van der Waals surface area contributed by atoms with Crippen molar-refractivity contribution in [3.63, 3.8) is 0 Å². The molecule has 3 amide bonds. The molecule has 1 unspecified atom stereocenters. The van der Waals surface area contributed by atoms with Crippen LogP contribution in [0.15, 0.2) is 89.6 Å². The topological polar surface area (TPSA) is 138 Å². The number of nitrogens with zero attached hydrogens (tertiary/aromatic N) is 3. The van der Waals surface area contributed by atoms with E-state index in [9.17, 15) is 19.5 Å². The lowest BCUT2D eigenvalue weighted by molar-refractivity contribution is -0.127. The van der Waals surface area contributed by atoms with Crippen LogP contribution in [0.4, 0.5) is 16.2 Å². The van der Waals surface area contributed by atoms with Gasteiger partial charge in [-0.3, -0.25) is 19.9 Å². The van der Waals surface area contributed by atoms with Gasteiger partial charge in [-0.15, -0.1) is 0 Å². The number of aliphatic imine (C=N–C) groups is 1. The zero-order chi connectivity index (χ0) is 34.5. The van der Waals surface area contributed by atoms with Crippen molar-refractivity contribution in [2.75, 3.05) is 25.0 Å². The number of hydrogen-bond donors (Lipinski definition) is 3. The summed E-state index contributed by atoms with van der Waals surface area (Å²) in [6, 6.07) is 21.6. The molecule has 3 aromatic rings. The molecule has 4 N–H and O–H groups in total. The summed E-state index contributed by atoms with van der Waals surface area (Å²) in [7, 11) is 0. The maximum atomic E-state index is 14.3. The van der Waals surface area contributed by atoms with E-state index in [0.717, 1.165) is 42.4 Å². The molecule has 0 radical (unpaired) electrons. The number of aliphatic hydroxyl groups is 1. The molecule has 0 spiro atoms. The van der Waals surface area contributed by atoms with Crippen molar-refractivity contribution < 1.29 is 24.2 Å². The van der Waals surface area contributed by atoms with Crippen LogP contribution in [0.1, 0.15) is 73.5 Å². The number of aliphatic hydroxyl groups excluding tert-OH is 1. The van der Waals surface area contributed by atoms with Crippen LogP contribution in [0.25, 0.3) is 0 Å². The monoisotopic (exact) mass is 653 g/mol. The first-order valence-electron chi connectivity index (χ1n) is 16.7. The minimum Gasteiger partial charge on any atom is -0.444 e. The van der Waals surface area contributed by atoms with Crippen LogP contribution in [0.3, 0.4) is 0 Å². The first kappa shape index (κ1) is 35.9. The van der Waals surface area contributed by atoms with Gasteiger partial charge in [-0.1, -0.05) is 81.3 Å². The van der Waals surface area contributed by atoms with E-state index in [-0.39, 0.29) is 36.3 Å². The number of amides is 3. The molecule has 1 aliphatic rings. The molecule has 0 bridgehead atoms. The highest BCUT2D eigenvalue weighted by Gasteiger charge is 2.31. The van der Waals surface area contributed by atoms with Crippen molar-refractivity contribution in [2.45, 2.75) is 72.1 Å². The van der Waals surface area contributed by atoms with Gasteiger partial charge in [0.25, 0.3) is 11.8 Å². The molecule has 3 aromatic carbocycles. The summed E-state index contributed by atoms with van der Waals surface area (Å²) in [5, 5.41) is 13.0. The largest absolute Gasteiger partial charge is 0.444 e. The van der Waals surface area contributed by atoms with Gasteiger partial charge in [0.15, 0.2) is 0 Å². The van der Waals surface area contributed by atoms with E-state index in [1.54, 1.807) is 34.9 Å². The Hall–Kier alpha value is -4.96. The van der Waals surface area contributed by atoms with E-state index in [1.165, 1.54) is 6.08 Å². The molecule has 10 heteroatoms. The Kier molecular flexibility index (Phi) is 13.3. The minimum absolute atomic E-state index is 0.0729. The van der Waals surface area contributed by atoms with Gasteiger partial charge in [-0.25, -0.2) is 4.79 Å². The van der Waals surface area contributed by atoms with Crippen molar-refractivity contribution in [3.05, 3.63) is 107 Å². The standard InChI is InChI=1S/C38H47N5O5/c1-4-6-19-42(20-7-5-2)37(46)34(39)21-27(3)40-35-18-17-31(41-38(47)48-26-28-13-9-8-10-14-28)23-33(35)36(45)43-24-30-16-12-11-15-29(30)22-32(43)25-44/h8-18,21,23,32,44H,4-7,19-20,22,24-26,39H2,1-3H3,(H,41,47)/b34-21-,40-27?. The maximum Gasteiger partial charge on any atom is 0.411 e. The summed E-state index contributed by atoms with van der Waals surface area (Å²) in [6.45, 7) is 7.33. The molecular weight excluding hydrogens is 606 g/mol. The summed E-state index contributed by atoms with van der Waals surface area (Å²) in [6.07, 6.45) is 5.07. The molecule has 0 aliphatic carbocycles. The Morgan fingerprint density at radius 3 is 2.33 bits per heavy atom. The first-order valence-corrected chi connectivity index (χ1v) is 16.7. The molecule has 48 heavy (non-hydrogen) atoms. The van der Waals surface area contributed by atoms with Gasteiger partial charge in [0.1, 0.15) is 6.61 Å². The predicted molar refractivity (Wildman–Crippen MR) is 189 cm³/mol. The predicted octanol–water partition coefficient (Wildman–Crippen LogP) is 6.36. The summed E-state index contributed by atoms with van der Waals surface area (Å²) in [5.41, 5.74) is 10.6. The molecule has 0 aromatic heterocycles. The number of benzene rings is 3. The van der Waals surface area contributed by atoms with E-state index in [1.807, 2.05) is 54.6 Å². The van der Waals surface area contributed by atoms with Gasteiger partial charge in [-0.2, -0.15) is 0 Å². The number of hydrogen-bond acceptors (Lipinski definition) is 7. The third kappa shape index (κ3) is 9.78. The number of anilines is 1. The molecular formula is C38H47N5O5. The Labute approximate surface area is 283 Å². The van der Waals surface area contributed by atoms with E-state index < -0.39 is 12.1 Å². The number of rotatable bonds is 14. The quantitative estimate of drug-likeness (QED) is 0.137. The van der Waals surface area contributed by atoms with Crippen LogP contribution in [0.5, 0.6) is 0 Å². The number of carbonyl (C=O) groups is 3. The third-order valence-electron chi connectivity index (χ3n) is 8.27. The SMILES string of the molecule is CCCCN(CCCC)C(=O)/C(N)=C/C(C)=Nc1ccc(NC(=O)OCc2ccccc2)cc1C(=O)N1Cc2ccccc2CC1CO. The molecule has 10 nitrogen and oxygen atoms in total. The average molecular weight is 654 g/mol. The van der Waals surface area contributed by atoms with E-state index in [4.69, 9.17) is 15.5 Å². The average Bonchev–Trinajstić information content (AvgIpc) is 3.10. The number of ether oxygens (including phenoxy) is 1. The second-order valence-corrected chi connectivity index (χ2v) is 12.0. The van der Waals surface area contributed by atoms with Crippen molar-refractivity contribution >= 4 is 35.0 Å². The first-order chi connectivity index (χ1) is 23.2. The number of fused-ring (bicyclic) bond motifs is 1. The molecule has 0 fully saturated rings.